The molecule has 0 aliphatic rings. The van der Waals surface area contributed by atoms with E-state index < -0.39 is 16.1 Å². The molecule has 0 bridgehead atoms. The van der Waals surface area contributed by atoms with E-state index >= 15 is 0 Å². The standard InChI is InChI=1S/C12H17Cl2NO3S/c1-3-8(2)10(7-16)15-19(17,18)11-6-4-5-9(13)12(11)14/h4-6,8,10,15-16H,3,7H2,1-2H3/t8-,10+/m0/s1. The van der Waals surface area contributed by atoms with Crippen LogP contribution in [-0.4, -0.2) is 26.2 Å². The first-order valence-corrected chi connectivity index (χ1v) is 8.14. The number of aliphatic hydroxyl groups is 1. The lowest BCUT2D eigenvalue weighted by molar-refractivity contribution is 0.219. The first kappa shape index (κ1) is 16.7. The van der Waals surface area contributed by atoms with Crippen molar-refractivity contribution < 1.29 is 13.5 Å². The van der Waals surface area contributed by atoms with Crippen molar-refractivity contribution in [1.29, 1.82) is 0 Å². The molecule has 0 aliphatic carbocycles. The fourth-order valence-electron chi connectivity index (χ4n) is 1.57. The molecule has 1 aromatic carbocycles. The summed E-state index contributed by atoms with van der Waals surface area (Å²) in [6.07, 6.45) is 0.747. The Morgan fingerprint density at radius 2 is 2.00 bits per heavy atom. The predicted molar refractivity (Wildman–Crippen MR) is 77.1 cm³/mol. The number of hydrogen-bond donors (Lipinski definition) is 2. The van der Waals surface area contributed by atoms with Crippen LogP contribution in [0.4, 0.5) is 0 Å². The van der Waals surface area contributed by atoms with E-state index in [0.29, 0.717) is 0 Å². The SMILES string of the molecule is CC[C@H](C)[C@@H](CO)NS(=O)(=O)c1cccc(Cl)c1Cl. The quantitative estimate of drug-likeness (QED) is 0.845. The van der Waals surface area contributed by atoms with Crippen molar-refractivity contribution >= 4 is 33.2 Å². The van der Waals surface area contributed by atoms with E-state index in [1.807, 2.05) is 13.8 Å². The van der Waals surface area contributed by atoms with E-state index in [4.69, 9.17) is 23.2 Å². The molecule has 0 heterocycles. The Kier molecular flexibility index (Phi) is 6.08. The molecule has 0 saturated carbocycles. The average Bonchev–Trinajstić information content (AvgIpc) is 2.38. The van der Waals surface area contributed by atoms with Crippen LogP contribution in [0.1, 0.15) is 20.3 Å². The van der Waals surface area contributed by atoms with Crippen LogP contribution in [0.5, 0.6) is 0 Å². The van der Waals surface area contributed by atoms with Crippen molar-refractivity contribution in [2.75, 3.05) is 6.61 Å². The number of aliphatic hydroxyl groups excluding tert-OH is 1. The topological polar surface area (TPSA) is 66.4 Å². The predicted octanol–water partition coefficient (Wildman–Crippen LogP) is 2.68. The summed E-state index contributed by atoms with van der Waals surface area (Å²) in [6, 6.07) is 3.85. The summed E-state index contributed by atoms with van der Waals surface area (Å²) >= 11 is 11.7. The molecule has 7 heteroatoms. The average molecular weight is 326 g/mol. The molecule has 0 fully saturated rings. The molecule has 2 N–H and O–H groups in total. The van der Waals surface area contributed by atoms with Gasteiger partial charge in [-0.15, -0.1) is 0 Å². The maximum absolute atomic E-state index is 12.2. The van der Waals surface area contributed by atoms with Gasteiger partial charge >= 0.3 is 0 Å². The van der Waals surface area contributed by atoms with Gasteiger partial charge in [0.2, 0.25) is 10.0 Å². The Balaban J connectivity index is 3.07. The highest BCUT2D eigenvalue weighted by atomic mass is 35.5. The van der Waals surface area contributed by atoms with Crippen LogP contribution in [-0.2, 0) is 10.0 Å². The Morgan fingerprint density at radius 3 is 2.53 bits per heavy atom. The number of sulfonamides is 1. The molecular weight excluding hydrogens is 309 g/mol. The number of nitrogens with one attached hydrogen (secondary N) is 1. The van der Waals surface area contributed by atoms with Crippen LogP contribution in [0, 0.1) is 5.92 Å². The fourth-order valence-corrected chi connectivity index (χ4v) is 3.67. The van der Waals surface area contributed by atoms with E-state index in [1.54, 1.807) is 0 Å². The normalized spacial score (nSPS) is 15.2. The van der Waals surface area contributed by atoms with Crippen LogP contribution in [0.25, 0.3) is 0 Å². The minimum atomic E-state index is -3.81. The monoisotopic (exact) mass is 325 g/mol. The Bertz CT molecular complexity index is 534. The van der Waals surface area contributed by atoms with Crippen LogP contribution in [0.15, 0.2) is 23.1 Å². The van der Waals surface area contributed by atoms with Crippen molar-refractivity contribution in [3.8, 4) is 0 Å². The van der Waals surface area contributed by atoms with Gasteiger partial charge in [-0.3, -0.25) is 0 Å². The van der Waals surface area contributed by atoms with Gasteiger partial charge in [0.05, 0.1) is 16.7 Å². The van der Waals surface area contributed by atoms with Crippen molar-refractivity contribution in [2.45, 2.75) is 31.2 Å². The van der Waals surface area contributed by atoms with Gasteiger partial charge in [0.15, 0.2) is 0 Å². The second-order valence-electron chi connectivity index (χ2n) is 4.35. The van der Waals surface area contributed by atoms with Gasteiger partial charge in [0, 0.05) is 6.04 Å². The van der Waals surface area contributed by atoms with E-state index in [2.05, 4.69) is 4.72 Å². The maximum atomic E-state index is 12.2. The molecule has 0 aliphatic heterocycles. The molecule has 2 atom stereocenters. The summed E-state index contributed by atoms with van der Waals surface area (Å²) in [7, 11) is -3.81. The summed E-state index contributed by atoms with van der Waals surface area (Å²) in [5.74, 6) is 0.0118. The van der Waals surface area contributed by atoms with Gasteiger partial charge in [0.1, 0.15) is 4.90 Å². The molecule has 19 heavy (non-hydrogen) atoms. The second kappa shape index (κ2) is 6.90. The third-order valence-corrected chi connectivity index (χ3v) is 5.50. The number of halogens is 2. The van der Waals surface area contributed by atoms with Crippen LogP contribution < -0.4 is 4.72 Å². The van der Waals surface area contributed by atoms with Crippen molar-refractivity contribution in [2.24, 2.45) is 5.92 Å². The minimum absolute atomic E-state index is 0.0118. The highest BCUT2D eigenvalue weighted by molar-refractivity contribution is 7.89. The molecule has 4 nitrogen and oxygen atoms in total. The first-order chi connectivity index (χ1) is 8.83. The van der Waals surface area contributed by atoms with Crippen LogP contribution >= 0.6 is 23.2 Å². The highest BCUT2D eigenvalue weighted by Crippen LogP contribution is 2.29. The molecule has 0 unspecified atom stereocenters. The van der Waals surface area contributed by atoms with E-state index in [-0.39, 0.29) is 27.5 Å². The smallest absolute Gasteiger partial charge is 0.242 e. The zero-order valence-corrected chi connectivity index (χ0v) is 13.1. The summed E-state index contributed by atoms with van der Waals surface area (Å²) in [5, 5.41) is 9.43. The Hall–Kier alpha value is -0.330. The van der Waals surface area contributed by atoms with Gasteiger partial charge in [-0.25, -0.2) is 13.1 Å². The number of benzene rings is 1. The van der Waals surface area contributed by atoms with Crippen molar-refractivity contribution in [3.05, 3.63) is 28.2 Å². The molecule has 0 saturated heterocycles. The van der Waals surface area contributed by atoms with Gasteiger partial charge in [-0.2, -0.15) is 0 Å². The largest absolute Gasteiger partial charge is 0.395 e. The van der Waals surface area contributed by atoms with Crippen molar-refractivity contribution in [1.82, 2.24) is 4.72 Å². The lowest BCUT2D eigenvalue weighted by atomic mass is 10.0. The molecule has 0 amide bonds. The van der Waals surface area contributed by atoms with Gasteiger partial charge < -0.3 is 5.11 Å². The van der Waals surface area contributed by atoms with Crippen LogP contribution in [0.2, 0.25) is 10.0 Å². The molecule has 1 rings (SSSR count). The number of hydrogen-bond acceptors (Lipinski definition) is 3. The zero-order valence-electron chi connectivity index (χ0n) is 10.7. The Morgan fingerprint density at radius 1 is 1.37 bits per heavy atom. The summed E-state index contributed by atoms with van der Waals surface area (Å²) < 4.78 is 26.9. The molecule has 0 aromatic heterocycles. The van der Waals surface area contributed by atoms with Gasteiger partial charge in [-0.1, -0.05) is 49.5 Å². The summed E-state index contributed by atoms with van der Waals surface area (Å²) in [4.78, 5) is -0.0802. The summed E-state index contributed by atoms with van der Waals surface area (Å²) in [5.41, 5.74) is 0. The van der Waals surface area contributed by atoms with Gasteiger partial charge in [-0.05, 0) is 18.1 Å². The lowest BCUT2D eigenvalue weighted by Gasteiger charge is -2.22. The lowest BCUT2D eigenvalue weighted by Crippen LogP contribution is -2.41. The van der Waals surface area contributed by atoms with E-state index in [1.165, 1.54) is 18.2 Å². The minimum Gasteiger partial charge on any atom is -0.395 e. The van der Waals surface area contributed by atoms with Crippen LogP contribution in [0.3, 0.4) is 0 Å². The maximum Gasteiger partial charge on any atom is 0.242 e. The van der Waals surface area contributed by atoms with Crippen molar-refractivity contribution in [3.63, 3.8) is 0 Å². The van der Waals surface area contributed by atoms with E-state index in [0.717, 1.165) is 6.42 Å². The summed E-state index contributed by atoms with van der Waals surface area (Å²) in [6.45, 7) is 3.52. The fraction of sp³-hybridized carbons (Fsp3) is 0.500. The molecule has 108 valence electrons. The molecule has 0 radical (unpaired) electrons. The van der Waals surface area contributed by atoms with Gasteiger partial charge in [0.25, 0.3) is 0 Å². The third kappa shape index (κ3) is 4.07. The second-order valence-corrected chi connectivity index (χ2v) is 6.82. The van der Waals surface area contributed by atoms with E-state index in [9.17, 15) is 13.5 Å². The molecule has 1 aromatic rings. The third-order valence-electron chi connectivity index (χ3n) is 3.04. The number of rotatable bonds is 6. The molecule has 0 spiro atoms. The molecular formula is C12H17Cl2NO3S. The first-order valence-electron chi connectivity index (χ1n) is 5.90. The Labute approximate surface area is 123 Å². The zero-order chi connectivity index (χ0) is 14.6. The highest BCUT2D eigenvalue weighted by Gasteiger charge is 2.25.